The number of carboxylic acid groups (broad SMARTS) is 1. The maximum absolute atomic E-state index is 11.8. The van der Waals surface area contributed by atoms with Crippen molar-refractivity contribution in [3.63, 3.8) is 0 Å². The minimum absolute atomic E-state index is 0.0703. The maximum Gasteiger partial charge on any atom is 0.306 e. The van der Waals surface area contributed by atoms with E-state index in [1.807, 2.05) is 13.8 Å². The van der Waals surface area contributed by atoms with Gasteiger partial charge in [0.1, 0.15) is 11.6 Å². The monoisotopic (exact) mass is 256 g/mol. The first-order chi connectivity index (χ1) is 8.25. The highest BCUT2D eigenvalue weighted by Crippen LogP contribution is 2.17. The van der Waals surface area contributed by atoms with Crippen molar-refractivity contribution >= 4 is 17.5 Å². The molecule has 0 saturated heterocycles. The molecule has 3 atom stereocenters. The number of ketones is 2. The summed E-state index contributed by atoms with van der Waals surface area (Å²) in [6.45, 7) is 6.84. The molecule has 0 aliphatic carbocycles. The molecule has 4 heteroatoms. The van der Waals surface area contributed by atoms with Crippen LogP contribution in [-0.2, 0) is 14.4 Å². The highest BCUT2D eigenvalue weighted by Gasteiger charge is 2.18. The van der Waals surface area contributed by atoms with Crippen LogP contribution >= 0.6 is 0 Å². The number of hydrogen-bond donors (Lipinski definition) is 1. The quantitative estimate of drug-likeness (QED) is 0.688. The van der Waals surface area contributed by atoms with Crippen molar-refractivity contribution < 1.29 is 19.5 Å². The van der Waals surface area contributed by atoms with Gasteiger partial charge in [0.15, 0.2) is 0 Å². The lowest BCUT2D eigenvalue weighted by Gasteiger charge is -2.13. The summed E-state index contributed by atoms with van der Waals surface area (Å²) in [5.41, 5.74) is 0. The lowest BCUT2D eigenvalue weighted by Crippen LogP contribution is -2.17. The van der Waals surface area contributed by atoms with Crippen LogP contribution in [0.2, 0.25) is 0 Å². The second kappa shape index (κ2) is 8.01. The predicted octanol–water partition coefficient (Wildman–Crippen LogP) is 2.70. The first kappa shape index (κ1) is 16.8. The van der Waals surface area contributed by atoms with Crippen LogP contribution in [0.25, 0.3) is 0 Å². The third-order valence-electron chi connectivity index (χ3n) is 3.52. The van der Waals surface area contributed by atoms with Gasteiger partial charge >= 0.3 is 5.97 Å². The molecular weight excluding hydrogens is 232 g/mol. The Morgan fingerprint density at radius 3 is 1.83 bits per heavy atom. The van der Waals surface area contributed by atoms with Gasteiger partial charge in [-0.15, -0.1) is 0 Å². The zero-order valence-electron chi connectivity index (χ0n) is 11.7. The van der Waals surface area contributed by atoms with Crippen LogP contribution in [0.4, 0.5) is 0 Å². The molecule has 4 nitrogen and oxygen atoms in total. The van der Waals surface area contributed by atoms with Crippen molar-refractivity contribution in [2.45, 2.75) is 53.4 Å². The molecular formula is C14H24O4. The molecule has 18 heavy (non-hydrogen) atoms. The fourth-order valence-electron chi connectivity index (χ4n) is 1.59. The van der Waals surface area contributed by atoms with Gasteiger partial charge < -0.3 is 5.11 Å². The second-order valence-electron chi connectivity index (χ2n) is 5.23. The number of carboxylic acids is 1. The average molecular weight is 256 g/mol. The van der Waals surface area contributed by atoms with Crippen LogP contribution in [0.15, 0.2) is 0 Å². The van der Waals surface area contributed by atoms with Crippen molar-refractivity contribution in [3.05, 3.63) is 0 Å². The average Bonchev–Trinajstić information content (AvgIpc) is 2.31. The summed E-state index contributed by atoms with van der Waals surface area (Å²) in [4.78, 5) is 33.5. The fourth-order valence-corrected chi connectivity index (χ4v) is 1.59. The van der Waals surface area contributed by atoms with E-state index < -0.39 is 11.9 Å². The van der Waals surface area contributed by atoms with E-state index in [1.54, 1.807) is 6.92 Å². The zero-order valence-corrected chi connectivity index (χ0v) is 11.7. The van der Waals surface area contributed by atoms with Gasteiger partial charge in [-0.3, -0.25) is 14.4 Å². The van der Waals surface area contributed by atoms with Gasteiger partial charge in [0.25, 0.3) is 0 Å². The third kappa shape index (κ3) is 6.52. The summed E-state index contributed by atoms with van der Waals surface area (Å²) < 4.78 is 0. The fraction of sp³-hybridized carbons (Fsp3) is 0.786. The Kier molecular flexibility index (Phi) is 7.48. The lowest BCUT2D eigenvalue weighted by molar-refractivity contribution is -0.141. The van der Waals surface area contributed by atoms with Gasteiger partial charge in [0.05, 0.1) is 5.92 Å². The Hall–Kier alpha value is -1.19. The van der Waals surface area contributed by atoms with Crippen LogP contribution in [-0.4, -0.2) is 22.6 Å². The highest BCUT2D eigenvalue weighted by molar-refractivity contribution is 5.82. The van der Waals surface area contributed by atoms with Crippen LogP contribution in [0, 0.1) is 17.8 Å². The predicted molar refractivity (Wildman–Crippen MR) is 69.3 cm³/mol. The maximum atomic E-state index is 11.8. The molecule has 0 aromatic rings. The van der Waals surface area contributed by atoms with Gasteiger partial charge in [-0.2, -0.15) is 0 Å². The van der Waals surface area contributed by atoms with E-state index in [0.717, 1.165) is 0 Å². The molecule has 0 amide bonds. The minimum atomic E-state index is -0.820. The van der Waals surface area contributed by atoms with E-state index in [2.05, 4.69) is 0 Å². The molecule has 1 N–H and O–H groups in total. The molecule has 0 radical (unpaired) electrons. The summed E-state index contributed by atoms with van der Waals surface area (Å²) in [7, 11) is 0. The van der Waals surface area contributed by atoms with Crippen molar-refractivity contribution in [2.24, 2.45) is 17.8 Å². The Labute approximate surface area is 109 Å². The molecule has 0 spiro atoms. The van der Waals surface area contributed by atoms with Crippen molar-refractivity contribution in [1.29, 1.82) is 0 Å². The van der Waals surface area contributed by atoms with E-state index in [0.29, 0.717) is 25.7 Å². The van der Waals surface area contributed by atoms with E-state index in [1.165, 1.54) is 6.92 Å². The largest absolute Gasteiger partial charge is 0.481 e. The standard InChI is InChI=1S/C14H24O4/c1-9(12(4)15)7-8-13(16)10(2)5-6-11(3)14(17)18/h9-11H,5-8H2,1-4H3,(H,17,18). The molecule has 0 fully saturated rings. The van der Waals surface area contributed by atoms with Crippen LogP contribution < -0.4 is 0 Å². The Bertz CT molecular complexity index is 309. The number of Topliss-reactive ketones (excluding diaryl/α,β-unsaturated/α-hetero) is 2. The molecule has 3 unspecified atom stereocenters. The second-order valence-corrected chi connectivity index (χ2v) is 5.23. The molecule has 0 rings (SSSR count). The molecule has 0 aromatic carbocycles. The van der Waals surface area contributed by atoms with Crippen LogP contribution in [0.3, 0.4) is 0 Å². The van der Waals surface area contributed by atoms with Gasteiger partial charge in [-0.25, -0.2) is 0 Å². The Morgan fingerprint density at radius 1 is 0.889 bits per heavy atom. The molecule has 0 aliphatic rings. The Morgan fingerprint density at radius 2 is 1.39 bits per heavy atom. The SMILES string of the molecule is CC(=O)C(C)CCC(=O)C(C)CCC(C)C(=O)O. The number of carbonyl (C=O) groups is 3. The third-order valence-corrected chi connectivity index (χ3v) is 3.52. The number of aliphatic carboxylic acids is 1. The summed E-state index contributed by atoms with van der Waals surface area (Å²) in [5, 5.41) is 8.75. The first-order valence-electron chi connectivity index (χ1n) is 6.51. The number of rotatable bonds is 9. The molecule has 0 aliphatic heterocycles. The van der Waals surface area contributed by atoms with Gasteiger partial charge in [-0.05, 0) is 26.2 Å². The van der Waals surface area contributed by atoms with Gasteiger partial charge in [-0.1, -0.05) is 20.8 Å². The molecule has 0 aromatic heterocycles. The van der Waals surface area contributed by atoms with E-state index >= 15 is 0 Å². The van der Waals surface area contributed by atoms with Crippen molar-refractivity contribution in [3.8, 4) is 0 Å². The van der Waals surface area contributed by atoms with Gasteiger partial charge in [0, 0.05) is 18.3 Å². The minimum Gasteiger partial charge on any atom is -0.481 e. The Balaban J connectivity index is 3.97. The lowest BCUT2D eigenvalue weighted by atomic mass is 9.91. The van der Waals surface area contributed by atoms with E-state index in [4.69, 9.17) is 5.11 Å². The summed E-state index contributed by atoms with van der Waals surface area (Å²) in [6, 6.07) is 0. The van der Waals surface area contributed by atoms with Crippen LogP contribution in [0.1, 0.15) is 53.4 Å². The number of hydrogen-bond acceptors (Lipinski definition) is 3. The summed E-state index contributed by atoms with van der Waals surface area (Å²) in [6.07, 6.45) is 2.11. The molecule has 0 bridgehead atoms. The normalized spacial score (nSPS) is 15.8. The topological polar surface area (TPSA) is 71.4 Å². The number of carbonyl (C=O) groups excluding carboxylic acids is 2. The molecule has 0 saturated carbocycles. The highest BCUT2D eigenvalue weighted by atomic mass is 16.4. The smallest absolute Gasteiger partial charge is 0.306 e. The van der Waals surface area contributed by atoms with Crippen LogP contribution in [0.5, 0.6) is 0 Å². The van der Waals surface area contributed by atoms with Gasteiger partial charge in [0.2, 0.25) is 0 Å². The summed E-state index contributed by atoms with van der Waals surface area (Å²) >= 11 is 0. The van der Waals surface area contributed by atoms with E-state index in [9.17, 15) is 14.4 Å². The molecule has 0 heterocycles. The first-order valence-corrected chi connectivity index (χ1v) is 6.51. The zero-order chi connectivity index (χ0) is 14.3. The van der Waals surface area contributed by atoms with Crippen molar-refractivity contribution in [2.75, 3.05) is 0 Å². The summed E-state index contributed by atoms with van der Waals surface area (Å²) in [5.74, 6) is -1.18. The molecule has 104 valence electrons. The van der Waals surface area contributed by atoms with Crippen molar-refractivity contribution in [1.82, 2.24) is 0 Å². The van der Waals surface area contributed by atoms with E-state index in [-0.39, 0.29) is 23.4 Å².